The average Bonchev–Trinajstić information content (AvgIpc) is 2.88. The van der Waals surface area contributed by atoms with Gasteiger partial charge in [0.1, 0.15) is 0 Å². The second-order valence-electron chi connectivity index (χ2n) is 3.80. The molecule has 20 heavy (non-hydrogen) atoms. The molecule has 0 saturated heterocycles. The highest BCUT2D eigenvalue weighted by molar-refractivity contribution is 6.68. The van der Waals surface area contributed by atoms with Gasteiger partial charge >= 0.3 is 5.97 Å². The number of hydrogen-bond donors (Lipinski definition) is 0. The van der Waals surface area contributed by atoms with E-state index in [0.29, 0.717) is 5.69 Å². The van der Waals surface area contributed by atoms with Gasteiger partial charge in [0.15, 0.2) is 5.69 Å². The molecule has 5 nitrogen and oxygen atoms in total. The van der Waals surface area contributed by atoms with Crippen LogP contribution in [0.4, 0.5) is 0 Å². The second-order valence-corrected chi connectivity index (χ2v) is 4.55. The van der Waals surface area contributed by atoms with E-state index in [4.69, 9.17) is 27.9 Å². The van der Waals surface area contributed by atoms with Crippen molar-refractivity contribution in [2.24, 2.45) is 0 Å². The third kappa shape index (κ3) is 3.00. The Morgan fingerprint density at radius 2 is 2.10 bits per heavy atom. The number of carbonyl (C=O) groups excluding carboxylic acids is 2. The molecule has 0 spiro atoms. The van der Waals surface area contributed by atoms with Crippen molar-refractivity contribution in [1.29, 1.82) is 0 Å². The molecule has 2 aromatic rings. The summed E-state index contributed by atoms with van der Waals surface area (Å²) < 4.78 is 6.31. The molecule has 0 unspecified atom stereocenters. The lowest BCUT2D eigenvalue weighted by atomic mass is 10.2. The number of ether oxygens (including phenoxy) is 1. The number of rotatable bonds is 4. The van der Waals surface area contributed by atoms with E-state index in [-0.39, 0.29) is 22.9 Å². The van der Waals surface area contributed by atoms with Crippen LogP contribution in [0.15, 0.2) is 30.5 Å². The van der Waals surface area contributed by atoms with Crippen molar-refractivity contribution in [2.75, 3.05) is 6.61 Å². The summed E-state index contributed by atoms with van der Waals surface area (Å²) in [5, 5.41) is 3.67. The third-order valence-corrected chi connectivity index (χ3v) is 3.02. The van der Waals surface area contributed by atoms with Crippen LogP contribution >= 0.6 is 23.2 Å². The van der Waals surface area contributed by atoms with Gasteiger partial charge < -0.3 is 4.74 Å². The Hall–Kier alpha value is -1.85. The lowest BCUT2D eigenvalue weighted by molar-refractivity contribution is 0.0519. The zero-order valence-electron chi connectivity index (χ0n) is 10.5. The van der Waals surface area contributed by atoms with Gasteiger partial charge in [-0.1, -0.05) is 11.6 Å². The fourth-order valence-corrected chi connectivity index (χ4v) is 2.06. The highest BCUT2D eigenvalue weighted by atomic mass is 35.5. The van der Waals surface area contributed by atoms with Gasteiger partial charge in [0.05, 0.1) is 22.9 Å². The Morgan fingerprint density at radius 1 is 1.35 bits per heavy atom. The summed E-state index contributed by atoms with van der Waals surface area (Å²) >= 11 is 11.3. The molecule has 0 bridgehead atoms. The van der Waals surface area contributed by atoms with Gasteiger partial charge in [0.25, 0.3) is 5.24 Å². The Kier molecular flexibility index (Phi) is 4.42. The second kappa shape index (κ2) is 6.07. The molecule has 1 aromatic heterocycles. The van der Waals surface area contributed by atoms with Crippen LogP contribution in [0.3, 0.4) is 0 Å². The van der Waals surface area contributed by atoms with E-state index < -0.39 is 11.2 Å². The molecule has 0 N–H and O–H groups in total. The van der Waals surface area contributed by atoms with Crippen LogP contribution in [-0.4, -0.2) is 27.6 Å². The number of halogens is 2. The summed E-state index contributed by atoms with van der Waals surface area (Å²) in [6.45, 7) is 2.00. The quantitative estimate of drug-likeness (QED) is 0.643. The highest BCUT2D eigenvalue weighted by Crippen LogP contribution is 2.21. The molecule has 0 aliphatic heterocycles. The topological polar surface area (TPSA) is 61.2 Å². The predicted molar refractivity (Wildman–Crippen MR) is 74.7 cm³/mol. The van der Waals surface area contributed by atoms with E-state index >= 15 is 0 Å². The van der Waals surface area contributed by atoms with Gasteiger partial charge in [0, 0.05) is 6.20 Å². The monoisotopic (exact) mass is 312 g/mol. The maximum atomic E-state index is 11.5. The number of hydrogen-bond acceptors (Lipinski definition) is 4. The molecule has 1 heterocycles. The zero-order valence-corrected chi connectivity index (χ0v) is 12.0. The lowest BCUT2D eigenvalue weighted by Gasteiger charge is -2.04. The Morgan fingerprint density at radius 3 is 2.70 bits per heavy atom. The lowest BCUT2D eigenvalue weighted by Crippen LogP contribution is -2.06. The molecular weight excluding hydrogens is 303 g/mol. The molecule has 104 valence electrons. The van der Waals surface area contributed by atoms with Crippen LogP contribution in [0.2, 0.25) is 5.02 Å². The summed E-state index contributed by atoms with van der Waals surface area (Å²) in [6, 6.07) is 6.20. The maximum Gasteiger partial charge on any atom is 0.358 e. The van der Waals surface area contributed by atoms with Crippen molar-refractivity contribution in [1.82, 2.24) is 9.78 Å². The van der Waals surface area contributed by atoms with Gasteiger partial charge in [-0.05, 0) is 42.8 Å². The fraction of sp³-hybridized carbons (Fsp3) is 0.154. The minimum atomic E-state index is -0.630. The molecule has 0 aliphatic rings. The molecule has 0 atom stereocenters. The van der Waals surface area contributed by atoms with Gasteiger partial charge in [-0.25, -0.2) is 9.48 Å². The van der Waals surface area contributed by atoms with Crippen LogP contribution in [0, 0.1) is 0 Å². The van der Waals surface area contributed by atoms with Crippen LogP contribution < -0.4 is 0 Å². The Labute approximate surface area is 125 Å². The summed E-state index contributed by atoms with van der Waals surface area (Å²) in [5.74, 6) is -0.495. The van der Waals surface area contributed by atoms with E-state index in [0.717, 1.165) is 0 Å². The number of aromatic nitrogens is 2. The largest absolute Gasteiger partial charge is 0.461 e. The van der Waals surface area contributed by atoms with Gasteiger partial charge in [-0.3, -0.25) is 4.79 Å². The van der Waals surface area contributed by atoms with E-state index in [1.165, 1.54) is 16.8 Å². The summed E-state index contributed by atoms with van der Waals surface area (Å²) in [6.07, 6.45) is 1.60. The van der Waals surface area contributed by atoms with E-state index in [1.54, 1.807) is 25.3 Å². The fourth-order valence-electron chi connectivity index (χ4n) is 1.59. The van der Waals surface area contributed by atoms with Crippen molar-refractivity contribution in [3.05, 3.63) is 46.7 Å². The number of esters is 1. The van der Waals surface area contributed by atoms with Gasteiger partial charge in [-0.2, -0.15) is 5.10 Å². The minimum absolute atomic E-state index is 0.195. The van der Waals surface area contributed by atoms with Gasteiger partial charge in [0.2, 0.25) is 0 Å². The van der Waals surface area contributed by atoms with Crippen molar-refractivity contribution in [2.45, 2.75) is 6.92 Å². The maximum absolute atomic E-state index is 11.5. The number of nitrogens with zero attached hydrogens (tertiary/aromatic N) is 2. The van der Waals surface area contributed by atoms with E-state index in [1.807, 2.05) is 0 Å². The standard InChI is InChI=1S/C13H10Cl2N2O3/c1-2-20-13(19)11-5-6-17(16-11)8-3-4-9(12(15)18)10(14)7-8/h3-7H,2H2,1H3. The molecule has 0 saturated carbocycles. The molecule has 7 heteroatoms. The Balaban J connectivity index is 2.31. The molecule has 1 aromatic carbocycles. The molecular formula is C13H10Cl2N2O3. The normalized spacial score (nSPS) is 10.3. The first kappa shape index (κ1) is 14.6. The molecule has 0 aliphatic carbocycles. The number of carbonyl (C=O) groups is 2. The van der Waals surface area contributed by atoms with Crippen LogP contribution in [0.5, 0.6) is 0 Å². The molecule has 0 amide bonds. The highest BCUT2D eigenvalue weighted by Gasteiger charge is 2.13. The number of benzene rings is 1. The third-order valence-electron chi connectivity index (χ3n) is 2.50. The molecule has 0 radical (unpaired) electrons. The zero-order chi connectivity index (χ0) is 14.7. The SMILES string of the molecule is CCOC(=O)c1ccn(-c2ccc(C(=O)Cl)c(Cl)c2)n1. The first-order chi connectivity index (χ1) is 9.52. The Bertz CT molecular complexity index is 667. The minimum Gasteiger partial charge on any atom is -0.461 e. The van der Waals surface area contributed by atoms with E-state index in [2.05, 4.69) is 5.10 Å². The van der Waals surface area contributed by atoms with Crippen LogP contribution in [0.1, 0.15) is 27.8 Å². The summed E-state index contributed by atoms with van der Waals surface area (Å²) in [4.78, 5) is 22.6. The van der Waals surface area contributed by atoms with Crippen molar-refractivity contribution < 1.29 is 14.3 Å². The first-order valence-corrected chi connectivity index (χ1v) is 6.51. The smallest absolute Gasteiger partial charge is 0.358 e. The summed E-state index contributed by atoms with van der Waals surface area (Å²) in [5.41, 5.74) is 1.02. The van der Waals surface area contributed by atoms with Crippen LogP contribution in [-0.2, 0) is 4.74 Å². The molecule has 2 rings (SSSR count). The van der Waals surface area contributed by atoms with E-state index in [9.17, 15) is 9.59 Å². The van der Waals surface area contributed by atoms with Gasteiger partial charge in [-0.15, -0.1) is 0 Å². The summed E-state index contributed by atoms with van der Waals surface area (Å²) in [7, 11) is 0. The van der Waals surface area contributed by atoms with Crippen molar-refractivity contribution >= 4 is 34.4 Å². The van der Waals surface area contributed by atoms with Crippen LogP contribution in [0.25, 0.3) is 5.69 Å². The predicted octanol–water partition coefficient (Wildman–Crippen LogP) is 3.08. The average molecular weight is 313 g/mol. The van der Waals surface area contributed by atoms with Crippen molar-refractivity contribution in [3.8, 4) is 5.69 Å². The molecule has 0 fully saturated rings. The first-order valence-electron chi connectivity index (χ1n) is 5.75. The van der Waals surface area contributed by atoms with Crippen molar-refractivity contribution in [3.63, 3.8) is 0 Å².